The summed E-state index contributed by atoms with van der Waals surface area (Å²) in [6.07, 6.45) is 39.5. The van der Waals surface area contributed by atoms with Crippen LogP contribution in [0, 0.1) is 0 Å². The third kappa shape index (κ3) is 35.6. The Balaban J connectivity index is 2.47. The van der Waals surface area contributed by atoms with Crippen molar-refractivity contribution in [1.29, 1.82) is 0 Å². The molecule has 0 aromatic carbocycles. The third-order valence-electron chi connectivity index (χ3n) is 13.4. The molecule has 0 unspecified atom stereocenters. The van der Waals surface area contributed by atoms with Crippen LogP contribution in [0.1, 0.15) is 273 Å². The summed E-state index contributed by atoms with van der Waals surface area (Å²) in [6, 6.07) is -0.400. The van der Waals surface area contributed by atoms with Gasteiger partial charge in [-0.05, 0) is 47.0 Å². The second kappa shape index (κ2) is 39.8. The van der Waals surface area contributed by atoms with Gasteiger partial charge in [0.1, 0.15) is 12.7 Å². The maximum absolute atomic E-state index is 13.6. The lowest BCUT2D eigenvalue weighted by Crippen LogP contribution is -2.42. The minimum absolute atomic E-state index is 0.0124. The van der Waals surface area contributed by atoms with Gasteiger partial charge in [-0.25, -0.2) is 0 Å². The number of hydrogen-bond donors (Lipinski definition) is 1. The summed E-state index contributed by atoms with van der Waals surface area (Å²) in [5.74, 6) is -0.931. The first-order valence-corrected chi connectivity index (χ1v) is 27.4. The van der Waals surface area contributed by atoms with Gasteiger partial charge < -0.3 is 29.2 Å². The monoisotopic (exact) mass is 921 g/mol. The summed E-state index contributed by atoms with van der Waals surface area (Å²) in [6.45, 7) is 13.5. The maximum atomic E-state index is 13.6. The van der Waals surface area contributed by atoms with Gasteiger partial charge in [0.2, 0.25) is 11.8 Å². The standard InChI is InChI=1S/C55H104N2O8/c1-8-10-12-14-16-18-20-22-24-26-28-30-32-34-36-38-52(60)63-46-48-44-49(65-53(61)39-37-35-33-31-29-27-25-23-21-19-17-15-13-11-9-2)45-57(48)51(59)41-40-50(58)56-47-55(5,6)64-43-42-54(3,4)62-7/h48-49H,8-47H2,1-7H3,(H,56,58)/t48-,49+/m0/s1. The van der Waals surface area contributed by atoms with E-state index in [0.29, 0.717) is 32.4 Å². The van der Waals surface area contributed by atoms with E-state index >= 15 is 0 Å². The molecule has 382 valence electrons. The van der Waals surface area contributed by atoms with Crippen molar-refractivity contribution >= 4 is 23.8 Å². The Kier molecular flexibility index (Phi) is 37.2. The van der Waals surface area contributed by atoms with E-state index in [1.807, 2.05) is 27.7 Å². The number of rotatable bonds is 45. The van der Waals surface area contributed by atoms with Crippen molar-refractivity contribution in [3.05, 3.63) is 0 Å². The molecule has 1 rings (SSSR count). The average molecular weight is 921 g/mol. The predicted molar refractivity (Wildman–Crippen MR) is 268 cm³/mol. The van der Waals surface area contributed by atoms with Gasteiger partial charge in [-0.2, -0.15) is 0 Å². The van der Waals surface area contributed by atoms with Gasteiger partial charge in [-0.1, -0.05) is 194 Å². The Morgan fingerprint density at radius 3 is 1.38 bits per heavy atom. The van der Waals surface area contributed by atoms with Crippen LogP contribution in [0.15, 0.2) is 0 Å². The molecule has 1 fully saturated rings. The summed E-state index contributed by atoms with van der Waals surface area (Å²) in [5, 5.41) is 2.92. The van der Waals surface area contributed by atoms with Crippen molar-refractivity contribution in [3.63, 3.8) is 0 Å². The fourth-order valence-electron chi connectivity index (χ4n) is 8.70. The van der Waals surface area contributed by atoms with E-state index in [-0.39, 0.29) is 55.3 Å². The molecule has 0 aliphatic carbocycles. The highest BCUT2D eigenvalue weighted by atomic mass is 16.5. The number of nitrogens with one attached hydrogen (secondary N) is 1. The Labute approximate surface area is 400 Å². The number of ether oxygens (including phenoxy) is 4. The number of unbranched alkanes of at least 4 members (excludes halogenated alkanes) is 28. The molecule has 0 saturated carbocycles. The molecule has 65 heavy (non-hydrogen) atoms. The molecule has 0 spiro atoms. The molecule has 1 aliphatic heterocycles. The number of nitrogens with zero attached hydrogens (tertiary/aromatic N) is 1. The number of methoxy groups -OCH3 is 1. The Bertz CT molecular complexity index is 1190. The van der Waals surface area contributed by atoms with Gasteiger partial charge >= 0.3 is 11.9 Å². The van der Waals surface area contributed by atoms with Gasteiger partial charge in [-0.15, -0.1) is 0 Å². The molecular weight excluding hydrogens is 817 g/mol. The van der Waals surface area contributed by atoms with Crippen LogP contribution in [0.25, 0.3) is 0 Å². The zero-order valence-electron chi connectivity index (χ0n) is 43.7. The van der Waals surface area contributed by atoms with Crippen LogP contribution in [0.4, 0.5) is 0 Å². The van der Waals surface area contributed by atoms with Crippen LogP contribution in [-0.2, 0) is 38.1 Å². The van der Waals surface area contributed by atoms with Gasteiger partial charge in [0.25, 0.3) is 0 Å². The zero-order valence-corrected chi connectivity index (χ0v) is 43.7. The van der Waals surface area contributed by atoms with Crippen molar-refractivity contribution in [2.45, 2.75) is 296 Å². The SMILES string of the molecule is CCCCCCCCCCCCCCCCCC(=O)OC[C@@H]1C[C@@H](OC(=O)CCCCCCCCCCCCCCCCC)CN1C(=O)CCC(=O)NCC(C)(C)OCCC(C)(C)OC. The number of esters is 2. The lowest BCUT2D eigenvalue weighted by Gasteiger charge is -2.29. The average Bonchev–Trinajstić information content (AvgIpc) is 3.68. The Morgan fingerprint density at radius 1 is 0.538 bits per heavy atom. The minimum atomic E-state index is -0.580. The molecule has 10 nitrogen and oxygen atoms in total. The maximum Gasteiger partial charge on any atom is 0.306 e. The van der Waals surface area contributed by atoms with E-state index in [0.717, 1.165) is 44.9 Å². The smallest absolute Gasteiger partial charge is 0.306 e. The second-order valence-corrected chi connectivity index (χ2v) is 20.7. The molecular formula is C55H104N2O8. The zero-order chi connectivity index (χ0) is 47.9. The number of carbonyl (C=O) groups excluding carboxylic acids is 4. The highest BCUT2D eigenvalue weighted by Gasteiger charge is 2.38. The van der Waals surface area contributed by atoms with E-state index < -0.39 is 17.7 Å². The van der Waals surface area contributed by atoms with Crippen molar-refractivity contribution in [2.24, 2.45) is 0 Å². The second-order valence-electron chi connectivity index (χ2n) is 20.7. The molecule has 2 amide bonds. The summed E-state index contributed by atoms with van der Waals surface area (Å²) >= 11 is 0. The van der Waals surface area contributed by atoms with Crippen LogP contribution in [-0.4, -0.2) is 85.4 Å². The van der Waals surface area contributed by atoms with Gasteiger partial charge in [0, 0.05) is 45.8 Å². The number of hydrogen-bond acceptors (Lipinski definition) is 8. The van der Waals surface area contributed by atoms with Crippen LogP contribution in [0.3, 0.4) is 0 Å². The lowest BCUT2D eigenvalue weighted by molar-refractivity contribution is -0.149. The van der Waals surface area contributed by atoms with Crippen molar-refractivity contribution in [2.75, 3.05) is 33.4 Å². The first-order chi connectivity index (χ1) is 31.3. The predicted octanol–water partition coefficient (Wildman–Crippen LogP) is 14.1. The molecule has 0 aromatic heterocycles. The van der Waals surface area contributed by atoms with Crippen LogP contribution in [0.2, 0.25) is 0 Å². The molecule has 1 saturated heterocycles. The van der Waals surface area contributed by atoms with E-state index in [4.69, 9.17) is 18.9 Å². The van der Waals surface area contributed by atoms with Gasteiger partial charge in [0.15, 0.2) is 0 Å². The fraction of sp³-hybridized carbons (Fsp3) is 0.927. The largest absolute Gasteiger partial charge is 0.463 e. The van der Waals surface area contributed by atoms with Gasteiger partial charge in [0.05, 0.1) is 30.4 Å². The van der Waals surface area contributed by atoms with Gasteiger partial charge in [-0.3, -0.25) is 19.2 Å². The topological polar surface area (TPSA) is 120 Å². The normalized spacial score (nSPS) is 15.4. The van der Waals surface area contributed by atoms with Crippen LogP contribution < -0.4 is 5.32 Å². The van der Waals surface area contributed by atoms with Crippen molar-refractivity contribution < 1.29 is 38.1 Å². The summed E-state index contributed by atoms with van der Waals surface area (Å²) < 4.78 is 23.1. The number of carbonyl (C=O) groups is 4. The summed E-state index contributed by atoms with van der Waals surface area (Å²) in [5.41, 5.74) is -0.872. The number of likely N-dealkylation sites (tertiary alicyclic amines) is 1. The van der Waals surface area contributed by atoms with E-state index in [2.05, 4.69) is 19.2 Å². The fourth-order valence-corrected chi connectivity index (χ4v) is 8.70. The summed E-state index contributed by atoms with van der Waals surface area (Å²) in [7, 11) is 1.68. The Hall–Kier alpha value is -2.20. The number of amides is 2. The highest BCUT2D eigenvalue weighted by molar-refractivity contribution is 5.84. The van der Waals surface area contributed by atoms with E-state index in [1.165, 1.54) is 154 Å². The molecule has 1 N–H and O–H groups in total. The molecule has 0 radical (unpaired) electrons. The minimum Gasteiger partial charge on any atom is -0.463 e. The van der Waals surface area contributed by atoms with Crippen molar-refractivity contribution in [3.8, 4) is 0 Å². The molecule has 0 aromatic rings. The first-order valence-electron chi connectivity index (χ1n) is 27.4. The lowest BCUT2D eigenvalue weighted by atomic mass is 10.0. The Morgan fingerprint density at radius 2 is 0.954 bits per heavy atom. The van der Waals surface area contributed by atoms with Crippen molar-refractivity contribution in [1.82, 2.24) is 10.2 Å². The quantitative estimate of drug-likeness (QED) is 0.0474. The molecule has 1 aliphatic rings. The van der Waals surface area contributed by atoms with E-state index in [9.17, 15) is 19.2 Å². The van der Waals surface area contributed by atoms with Crippen LogP contribution in [0.5, 0.6) is 0 Å². The highest BCUT2D eigenvalue weighted by Crippen LogP contribution is 2.24. The molecule has 2 atom stereocenters. The molecule has 10 heteroatoms. The summed E-state index contributed by atoms with van der Waals surface area (Å²) in [4.78, 5) is 53.8. The third-order valence-corrected chi connectivity index (χ3v) is 13.4. The van der Waals surface area contributed by atoms with Crippen LogP contribution >= 0.6 is 0 Å². The molecule has 0 bridgehead atoms. The first kappa shape index (κ1) is 60.8. The van der Waals surface area contributed by atoms with E-state index in [1.54, 1.807) is 12.0 Å². The molecule has 1 heterocycles.